The minimum absolute atomic E-state index is 0.0367. The summed E-state index contributed by atoms with van der Waals surface area (Å²) in [6.07, 6.45) is 4.70. The van der Waals surface area contributed by atoms with Crippen molar-refractivity contribution >= 4 is 0 Å². The molecule has 1 aliphatic heterocycles. The van der Waals surface area contributed by atoms with Gasteiger partial charge >= 0.3 is 0 Å². The summed E-state index contributed by atoms with van der Waals surface area (Å²) in [6, 6.07) is 8.75. The van der Waals surface area contributed by atoms with E-state index in [-0.39, 0.29) is 6.29 Å². The average molecular weight is 274 g/mol. The van der Waals surface area contributed by atoms with Gasteiger partial charge in [0.25, 0.3) is 0 Å². The van der Waals surface area contributed by atoms with Crippen LogP contribution in [0.25, 0.3) is 0 Å². The fraction of sp³-hybridized carbons (Fsp3) is 0.667. The first-order valence-corrected chi connectivity index (χ1v) is 7.99. The van der Waals surface area contributed by atoms with Gasteiger partial charge in [-0.25, -0.2) is 0 Å². The summed E-state index contributed by atoms with van der Waals surface area (Å²) in [7, 11) is 0. The highest BCUT2D eigenvalue weighted by atomic mass is 16.7. The third-order valence-corrected chi connectivity index (χ3v) is 4.81. The molecule has 3 unspecified atom stereocenters. The summed E-state index contributed by atoms with van der Waals surface area (Å²) in [4.78, 5) is 0. The van der Waals surface area contributed by atoms with Crippen LogP contribution in [-0.2, 0) is 10.2 Å². The SMILES string of the molecule is CC(C)CC1(c2ccc(OC3CCCO3)cc2)CC1C. The van der Waals surface area contributed by atoms with Gasteiger partial charge in [0.05, 0.1) is 6.61 Å². The molecule has 0 spiro atoms. The second-order valence-corrected chi connectivity index (χ2v) is 6.94. The highest BCUT2D eigenvalue weighted by Crippen LogP contribution is 2.57. The minimum Gasteiger partial charge on any atom is -0.465 e. The van der Waals surface area contributed by atoms with Gasteiger partial charge < -0.3 is 9.47 Å². The molecular weight excluding hydrogens is 248 g/mol. The molecule has 0 amide bonds. The van der Waals surface area contributed by atoms with Gasteiger partial charge in [0.15, 0.2) is 6.29 Å². The zero-order valence-corrected chi connectivity index (χ0v) is 12.9. The van der Waals surface area contributed by atoms with Crippen molar-refractivity contribution in [3.8, 4) is 5.75 Å². The van der Waals surface area contributed by atoms with E-state index in [0.717, 1.165) is 37.0 Å². The molecule has 0 N–H and O–H groups in total. The maximum absolute atomic E-state index is 5.85. The molecule has 20 heavy (non-hydrogen) atoms. The predicted molar refractivity (Wildman–Crippen MR) is 81.0 cm³/mol. The van der Waals surface area contributed by atoms with Crippen LogP contribution < -0.4 is 4.74 Å². The molecule has 2 nitrogen and oxygen atoms in total. The number of hydrogen-bond donors (Lipinski definition) is 0. The fourth-order valence-electron chi connectivity index (χ4n) is 3.68. The summed E-state index contributed by atoms with van der Waals surface area (Å²) >= 11 is 0. The lowest BCUT2D eigenvalue weighted by atomic mass is 9.85. The van der Waals surface area contributed by atoms with Crippen molar-refractivity contribution in [1.29, 1.82) is 0 Å². The summed E-state index contributed by atoms with van der Waals surface area (Å²) < 4.78 is 11.4. The van der Waals surface area contributed by atoms with Crippen LogP contribution in [0.3, 0.4) is 0 Å². The Bertz CT molecular complexity index is 445. The molecule has 1 aromatic carbocycles. The lowest BCUT2D eigenvalue weighted by Crippen LogP contribution is -2.15. The molecule has 3 rings (SSSR count). The first-order chi connectivity index (χ1) is 9.60. The van der Waals surface area contributed by atoms with Crippen molar-refractivity contribution in [3.63, 3.8) is 0 Å². The molecule has 1 saturated heterocycles. The van der Waals surface area contributed by atoms with E-state index in [1.54, 1.807) is 0 Å². The van der Waals surface area contributed by atoms with E-state index in [9.17, 15) is 0 Å². The summed E-state index contributed by atoms with van der Waals surface area (Å²) in [5.74, 6) is 2.51. The van der Waals surface area contributed by atoms with Crippen molar-refractivity contribution in [2.75, 3.05) is 6.61 Å². The van der Waals surface area contributed by atoms with E-state index in [2.05, 4.69) is 45.0 Å². The summed E-state index contributed by atoms with van der Waals surface area (Å²) in [5.41, 5.74) is 1.91. The van der Waals surface area contributed by atoms with Gasteiger partial charge in [-0.15, -0.1) is 0 Å². The molecule has 1 heterocycles. The standard InChI is InChI=1S/C18H26O2/c1-13(2)11-18(12-14(18)3)15-6-8-16(9-7-15)20-17-5-4-10-19-17/h6-9,13-14,17H,4-5,10-12H2,1-3H3. The van der Waals surface area contributed by atoms with Crippen LogP contribution in [0.2, 0.25) is 0 Å². The van der Waals surface area contributed by atoms with Crippen LogP contribution in [0, 0.1) is 11.8 Å². The molecule has 1 saturated carbocycles. The van der Waals surface area contributed by atoms with Gasteiger partial charge in [-0.05, 0) is 54.2 Å². The van der Waals surface area contributed by atoms with Crippen molar-refractivity contribution < 1.29 is 9.47 Å². The molecule has 1 aliphatic carbocycles. The van der Waals surface area contributed by atoms with Crippen LogP contribution >= 0.6 is 0 Å². The maximum Gasteiger partial charge on any atom is 0.199 e. The first-order valence-electron chi connectivity index (χ1n) is 7.99. The van der Waals surface area contributed by atoms with Crippen molar-refractivity contribution in [1.82, 2.24) is 0 Å². The number of rotatable bonds is 5. The Morgan fingerprint density at radius 3 is 2.50 bits per heavy atom. The maximum atomic E-state index is 5.85. The monoisotopic (exact) mass is 274 g/mol. The third-order valence-electron chi connectivity index (χ3n) is 4.81. The van der Waals surface area contributed by atoms with Gasteiger partial charge in [0, 0.05) is 6.42 Å². The predicted octanol–water partition coefficient (Wildman–Crippen LogP) is 4.53. The smallest absolute Gasteiger partial charge is 0.199 e. The molecule has 110 valence electrons. The molecule has 0 aromatic heterocycles. The Labute approximate surface area is 122 Å². The lowest BCUT2D eigenvalue weighted by molar-refractivity contribution is -0.0390. The zero-order valence-electron chi connectivity index (χ0n) is 12.9. The number of benzene rings is 1. The zero-order chi connectivity index (χ0) is 14.2. The van der Waals surface area contributed by atoms with Crippen molar-refractivity contribution in [3.05, 3.63) is 29.8 Å². The second-order valence-electron chi connectivity index (χ2n) is 6.94. The normalized spacial score (nSPS) is 32.6. The summed E-state index contributed by atoms with van der Waals surface area (Å²) in [5, 5.41) is 0. The van der Waals surface area contributed by atoms with Gasteiger partial charge in [-0.3, -0.25) is 0 Å². The average Bonchev–Trinajstić information content (AvgIpc) is 2.84. The van der Waals surface area contributed by atoms with E-state index in [4.69, 9.17) is 9.47 Å². The molecule has 2 heteroatoms. The molecule has 2 fully saturated rings. The van der Waals surface area contributed by atoms with E-state index in [0.29, 0.717) is 5.41 Å². The Kier molecular flexibility index (Phi) is 3.76. The van der Waals surface area contributed by atoms with E-state index >= 15 is 0 Å². The highest BCUT2D eigenvalue weighted by molar-refractivity contribution is 5.37. The van der Waals surface area contributed by atoms with Crippen molar-refractivity contribution in [2.24, 2.45) is 11.8 Å². The van der Waals surface area contributed by atoms with Crippen LogP contribution in [0.4, 0.5) is 0 Å². The second kappa shape index (κ2) is 5.40. The van der Waals surface area contributed by atoms with E-state index in [1.165, 1.54) is 18.4 Å². The Balaban J connectivity index is 1.69. The Morgan fingerprint density at radius 2 is 2.00 bits per heavy atom. The van der Waals surface area contributed by atoms with Crippen molar-refractivity contribution in [2.45, 2.75) is 58.2 Å². The molecule has 0 radical (unpaired) electrons. The molecule has 3 atom stereocenters. The van der Waals surface area contributed by atoms with Crippen LogP contribution in [0.1, 0.15) is 52.0 Å². The van der Waals surface area contributed by atoms with Gasteiger partial charge in [-0.2, -0.15) is 0 Å². The van der Waals surface area contributed by atoms with E-state index < -0.39 is 0 Å². The number of hydrogen-bond acceptors (Lipinski definition) is 2. The lowest BCUT2D eigenvalue weighted by Gasteiger charge is -2.20. The summed E-state index contributed by atoms with van der Waals surface area (Å²) in [6.45, 7) is 7.85. The van der Waals surface area contributed by atoms with E-state index in [1.807, 2.05) is 0 Å². The number of ether oxygens (including phenoxy) is 2. The molecule has 1 aromatic rings. The quantitative estimate of drug-likeness (QED) is 0.785. The Morgan fingerprint density at radius 1 is 1.30 bits per heavy atom. The molecule has 2 aliphatic rings. The molecular formula is C18H26O2. The molecule has 0 bridgehead atoms. The minimum atomic E-state index is -0.0367. The van der Waals surface area contributed by atoms with Gasteiger partial charge in [0.1, 0.15) is 5.75 Å². The first kappa shape index (κ1) is 13.9. The van der Waals surface area contributed by atoms with Crippen LogP contribution in [-0.4, -0.2) is 12.9 Å². The highest BCUT2D eigenvalue weighted by Gasteiger charge is 2.51. The topological polar surface area (TPSA) is 18.5 Å². The largest absolute Gasteiger partial charge is 0.465 e. The van der Waals surface area contributed by atoms with Gasteiger partial charge in [0.2, 0.25) is 0 Å². The van der Waals surface area contributed by atoms with Crippen LogP contribution in [0.5, 0.6) is 5.75 Å². The Hall–Kier alpha value is -1.02. The fourth-order valence-corrected chi connectivity index (χ4v) is 3.68. The third kappa shape index (κ3) is 2.71. The van der Waals surface area contributed by atoms with Crippen LogP contribution in [0.15, 0.2) is 24.3 Å². The van der Waals surface area contributed by atoms with Gasteiger partial charge in [-0.1, -0.05) is 32.9 Å².